The predicted octanol–water partition coefficient (Wildman–Crippen LogP) is 2.37. The molecule has 0 unspecified atom stereocenters. The number of halogens is 1. The third-order valence-corrected chi connectivity index (χ3v) is 4.81. The van der Waals surface area contributed by atoms with Crippen LogP contribution in [0, 0.1) is 5.82 Å². The first-order chi connectivity index (χ1) is 12.3. The van der Waals surface area contributed by atoms with Crippen molar-refractivity contribution in [3.63, 3.8) is 0 Å². The van der Waals surface area contributed by atoms with Crippen LogP contribution in [0.2, 0.25) is 0 Å². The smallest absolute Gasteiger partial charge is 0.239 e. The van der Waals surface area contributed by atoms with Gasteiger partial charge in [0, 0.05) is 24.9 Å². The van der Waals surface area contributed by atoms with E-state index in [-0.39, 0.29) is 12.1 Å². The van der Waals surface area contributed by atoms with Gasteiger partial charge in [-0.15, -0.1) is 0 Å². The van der Waals surface area contributed by atoms with E-state index in [1.807, 2.05) is 6.07 Å². The van der Waals surface area contributed by atoms with Crippen LogP contribution in [-0.2, 0) is 32.7 Å². The van der Waals surface area contributed by atoms with E-state index in [1.165, 1.54) is 18.2 Å². The zero-order chi connectivity index (χ0) is 19.2. The molecule has 0 aliphatic rings. The molecule has 0 spiro atoms. The number of anilines is 1. The Morgan fingerprint density at radius 2 is 1.92 bits per heavy atom. The van der Waals surface area contributed by atoms with Gasteiger partial charge in [-0.1, -0.05) is 30.3 Å². The highest BCUT2D eigenvalue weighted by atomic mass is 32.2. The summed E-state index contributed by atoms with van der Waals surface area (Å²) >= 11 is 0. The topological polar surface area (TPSA) is 75.7 Å². The minimum atomic E-state index is -3.70. The van der Waals surface area contributed by atoms with Gasteiger partial charge in [-0.25, -0.2) is 12.8 Å². The van der Waals surface area contributed by atoms with E-state index >= 15 is 0 Å². The van der Waals surface area contributed by atoms with Crippen LogP contribution in [0.4, 0.5) is 10.1 Å². The maximum Gasteiger partial charge on any atom is 0.239 e. The van der Waals surface area contributed by atoms with E-state index < -0.39 is 28.3 Å². The molecule has 0 heterocycles. The van der Waals surface area contributed by atoms with Crippen LogP contribution in [0.15, 0.2) is 48.5 Å². The van der Waals surface area contributed by atoms with Gasteiger partial charge in [0.15, 0.2) is 0 Å². The quantitative estimate of drug-likeness (QED) is 0.763. The monoisotopic (exact) mass is 380 g/mol. The summed E-state index contributed by atoms with van der Waals surface area (Å²) in [6, 6.07) is 12.9. The van der Waals surface area contributed by atoms with Crippen molar-refractivity contribution in [3.05, 3.63) is 65.5 Å². The van der Waals surface area contributed by atoms with E-state index in [1.54, 1.807) is 31.4 Å². The number of methoxy groups -OCH3 is 1. The fourth-order valence-electron chi connectivity index (χ4n) is 2.37. The summed E-state index contributed by atoms with van der Waals surface area (Å²) in [5, 5.41) is 2.65. The highest BCUT2D eigenvalue weighted by molar-refractivity contribution is 7.88. The highest BCUT2D eigenvalue weighted by Crippen LogP contribution is 2.14. The Morgan fingerprint density at radius 3 is 2.58 bits per heavy atom. The standard InChI is InChI=1S/C18H21FN2O4S/c1-25-13-14-6-5-8-16(10-14)20-18(22)12-21(26(2,23)24)11-15-7-3-4-9-17(15)19/h3-10H,11-13H2,1-2H3,(H,20,22). The third kappa shape index (κ3) is 5.91. The Morgan fingerprint density at radius 1 is 1.19 bits per heavy atom. The van der Waals surface area contributed by atoms with Gasteiger partial charge < -0.3 is 10.1 Å². The van der Waals surface area contributed by atoms with Crippen molar-refractivity contribution in [2.75, 3.05) is 25.2 Å². The number of carbonyl (C=O) groups is 1. The molecule has 0 radical (unpaired) electrons. The van der Waals surface area contributed by atoms with Crippen molar-refractivity contribution >= 4 is 21.6 Å². The van der Waals surface area contributed by atoms with Crippen molar-refractivity contribution < 1.29 is 22.3 Å². The normalized spacial score (nSPS) is 11.5. The molecule has 0 saturated carbocycles. The van der Waals surface area contributed by atoms with Crippen molar-refractivity contribution in [1.29, 1.82) is 0 Å². The SMILES string of the molecule is COCc1cccc(NC(=O)CN(Cc2ccccc2F)S(C)(=O)=O)c1. The number of hydrogen-bond acceptors (Lipinski definition) is 4. The number of nitrogens with one attached hydrogen (secondary N) is 1. The molecular formula is C18H21FN2O4S. The van der Waals surface area contributed by atoms with Crippen molar-refractivity contribution in [1.82, 2.24) is 4.31 Å². The van der Waals surface area contributed by atoms with Gasteiger partial charge in [0.05, 0.1) is 19.4 Å². The number of benzene rings is 2. The molecule has 1 amide bonds. The molecule has 0 aliphatic carbocycles. The van der Waals surface area contributed by atoms with Gasteiger partial charge in [0.25, 0.3) is 0 Å². The Balaban J connectivity index is 2.10. The molecule has 0 fully saturated rings. The zero-order valence-corrected chi connectivity index (χ0v) is 15.4. The molecule has 2 aromatic carbocycles. The maximum atomic E-state index is 13.8. The summed E-state index contributed by atoms with van der Waals surface area (Å²) in [6.45, 7) is -0.239. The lowest BCUT2D eigenvalue weighted by Gasteiger charge is -2.20. The molecule has 0 saturated heterocycles. The summed E-state index contributed by atoms with van der Waals surface area (Å²) in [6.07, 6.45) is 0.986. The van der Waals surface area contributed by atoms with Crippen molar-refractivity contribution in [2.24, 2.45) is 0 Å². The number of hydrogen-bond donors (Lipinski definition) is 1. The Labute approximate surface area is 152 Å². The second-order valence-electron chi connectivity index (χ2n) is 5.80. The number of rotatable bonds is 8. The molecule has 6 nitrogen and oxygen atoms in total. The molecule has 0 aromatic heterocycles. The summed E-state index contributed by atoms with van der Waals surface area (Å²) in [5.74, 6) is -1.03. The van der Waals surface area contributed by atoms with Crippen LogP contribution < -0.4 is 5.32 Å². The molecule has 26 heavy (non-hydrogen) atoms. The van der Waals surface area contributed by atoms with Gasteiger partial charge in [0.1, 0.15) is 5.82 Å². The number of ether oxygens (including phenoxy) is 1. The second-order valence-corrected chi connectivity index (χ2v) is 7.79. The van der Waals surface area contributed by atoms with Crippen LogP contribution in [0.25, 0.3) is 0 Å². The van der Waals surface area contributed by atoms with Crippen molar-refractivity contribution in [2.45, 2.75) is 13.2 Å². The maximum absolute atomic E-state index is 13.8. The molecule has 0 atom stereocenters. The van der Waals surface area contributed by atoms with Crippen LogP contribution in [-0.4, -0.2) is 38.5 Å². The van der Waals surface area contributed by atoms with Crippen molar-refractivity contribution in [3.8, 4) is 0 Å². The Kier molecular flexibility index (Phi) is 6.84. The fourth-order valence-corrected chi connectivity index (χ4v) is 3.10. The second kappa shape index (κ2) is 8.88. The molecule has 0 aliphatic heterocycles. The number of sulfonamides is 1. The van der Waals surface area contributed by atoms with Crippen LogP contribution in [0.5, 0.6) is 0 Å². The zero-order valence-electron chi connectivity index (χ0n) is 14.6. The molecule has 140 valence electrons. The summed E-state index contributed by atoms with van der Waals surface area (Å²) < 4.78 is 43.7. The molecule has 1 N–H and O–H groups in total. The molecule has 0 bridgehead atoms. The third-order valence-electron chi connectivity index (χ3n) is 3.62. The summed E-state index contributed by atoms with van der Waals surface area (Å²) in [5.41, 5.74) is 1.60. The van der Waals surface area contributed by atoms with E-state index in [0.29, 0.717) is 12.3 Å². The average Bonchev–Trinajstić information content (AvgIpc) is 2.56. The highest BCUT2D eigenvalue weighted by Gasteiger charge is 2.21. The molecule has 8 heteroatoms. The summed E-state index contributed by atoms with van der Waals surface area (Å²) in [7, 11) is -2.13. The van der Waals surface area contributed by atoms with Crippen LogP contribution in [0.1, 0.15) is 11.1 Å². The van der Waals surface area contributed by atoms with E-state index in [9.17, 15) is 17.6 Å². The lowest BCUT2D eigenvalue weighted by molar-refractivity contribution is -0.116. The Hall–Kier alpha value is -2.29. The number of amides is 1. The predicted molar refractivity (Wildman–Crippen MR) is 97.4 cm³/mol. The summed E-state index contributed by atoms with van der Waals surface area (Å²) in [4.78, 5) is 12.3. The first-order valence-corrected chi connectivity index (χ1v) is 9.70. The molecule has 2 aromatic rings. The lowest BCUT2D eigenvalue weighted by atomic mass is 10.2. The van der Waals surface area contributed by atoms with Gasteiger partial charge in [-0.2, -0.15) is 4.31 Å². The average molecular weight is 380 g/mol. The van der Waals surface area contributed by atoms with E-state index in [4.69, 9.17) is 4.74 Å². The Bertz CT molecular complexity index is 871. The van der Waals surface area contributed by atoms with Gasteiger partial charge in [-0.05, 0) is 23.8 Å². The fraction of sp³-hybridized carbons (Fsp3) is 0.278. The largest absolute Gasteiger partial charge is 0.380 e. The number of nitrogens with zero attached hydrogens (tertiary/aromatic N) is 1. The number of carbonyl (C=O) groups excluding carboxylic acids is 1. The minimum absolute atomic E-state index is 0.202. The van der Waals surface area contributed by atoms with Crippen LogP contribution in [0.3, 0.4) is 0 Å². The van der Waals surface area contributed by atoms with Gasteiger partial charge in [0.2, 0.25) is 15.9 Å². The van der Waals surface area contributed by atoms with Crippen LogP contribution >= 0.6 is 0 Å². The van der Waals surface area contributed by atoms with E-state index in [2.05, 4.69) is 5.32 Å². The van der Waals surface area contributed by atoms with E-state index in [0.717, 1.165) is 16.1 Å². The van der Waals surface area contributed by atoms with Gasteiger partial charge >= 0.3 is 0 Å². The molecule has 2 rings (SSSR count). The molecular weight excluding hydrogens is 359 g/mol. The first-order valence-electron chi connectivity index (χ1n) is 7.86. The first kappa shape index (κ1) is 20.0. The lowest BCUT2D eigenvalue weighted by Crippen LogP contribution is -2.37. The van der Waals surface area contributed by atoms with Gasteiger partial charge in [-0.3, -0.25) is 4.79 Å². The minimum Gasteiger partial charge on any atom is -0.380 e.